The summed E-state index contributed by atoms with van der Waals surface area (Å²) in [5.74, 6) is -0.525. The molecule has 14 heavy (non-hydrogen) atoms. The van der Waals surface area contributed by atoms with Gasteiger partial charge in [0.05, 0.1) is 0 Å². The van der Waals surface area contributed by atoms with Crippen LogP contribution in [0.15, 0.2) is 4.99 Å². The molecule has 1 atom stereocenters. The predicted molar refractivity (Wildman–Crippen MR) is 48.3 cm³/mol. The molecular formula is C7H12N4O3. The summed E-state index contributed by atoms with van der Waals surface area (Å²) in [6.45, 7) is 0.433. The third kappa shape index (κ3) is 2.92. The van der Waals surface area contributed by atoms with E-state index < -0.39 is 18.1 Å². The third-order valence-corrected chi connectivity index (χ3v) is 1.72. The molecule has 0 aromatic rings. The Labute approximate surface area is 80.5 Å². The van der Waals surface area contributed by atoms with Crippen LogP contribution >= 0.6 is 0 Å². The number of cyclic esters (lactones) is 2. The highest BCUT2D eigenvalue weighted by Crippen LogP contribution is 2.06. The second-order valence-electron chi connectivity index (χ2n) is 2.85. The number of carbonyl (C=O) groups is 2. The molecular weight excluding hydrogens is 188 g/mol. The number of rotatable bonds is 4. The molecule has 1 amide bonds. The van der Waals surface area contributed by atoms with Gasteiger partial charge in [-0.25, -0.2) is 9.59 Å². The number of nitrogens with zero attached hydrogens (tertiary/aromatic N) is 1. The van der Waals surface area contributed by atoms with E-state index in [2.05, 4.69) is 15.0 Å². The second kappa shape index (κ2) is 4.45. The van der Waals surface area contributed by atoms with Gasteiger partial charge in [-0.3, -0.25) is 4.99 Å². The summed E-state index contributed by atoms with van der Waals surface area (Å²) < 4.78 is 4.28. The minimum atomic E-state index is -0.693. The molecule has 1 heterocycles. The molecule has 0 spiro atoms. The van der Waals surface area contributed by atoms with Crippen molar-refractivity contribution < 1.29 is 14.3 Å². The molecule has 0 saturated carbocycles. The molecule has 1 aliphatic heterocycles. The van der Waals surface area contributed by atoms with Crippen molar-refractivity contribution in [2.24, 2.45) is 16.5 Å². The second-order valence-corrected chi connectivity index (χ2v) is 2.85. The van der Waals surface area contributed by atoms with Crippen LogP contribution in [-0.4, -0.2) is 30.6 Å². The summed E-state index contributed by atoms with van der Waals surface area (Å²) in [4.78, 5) is 25.2. The van der Waals surface area contributed by atoms with E-state index in [1.807, 2.05) is 0 Å². The fraction of sp³-hybridized carbons (Fsp3) is 0.571. The Hall–Kier alpha value is -1.79. The third-order valence-electron chi connectivity index (χ3n) is 1.72. The quantitative estimate of drug-likeness (QED) is 0.171. The summed E-state index contributed by atoms with van der Waals surface area (Å²) in [7, 11) is 0. The van der Waals surface area contributed by atoms with Crippen LogP contribution in [0.25, 0.3) is 0 Å². The van der Waals surface area contributed by atoms with Crippen LogP contribution in [0.4, 0.5) is 4.79 Å². The SMILES string of the molecule is NC(N)=NCCCC1NC(=O)OC1=O. The van der Waals surface area contributed by atoms with Crippen LogP contribution in [0.3, 0.4) is 0 Å². The van der Waals surface area contributed by atoms with Gasteiger partial charge < -0.3 is 21.5 Å². The Balaban J connectivity index is 2.22. The molecule has 0 aromatic carbocycles. The number of nitrogens with two attached hydrogens (primary N) is 2. The highest BCUT2D eigenvalue weighted by Gasteiger charge is 2.31. The van der Waals surface area contributed by atoms with Crippen molar-refractivity contribution in [3.05, 3.63) is 0 Å². The normalized spacial score (nSPS) is 20.1. The Kier molecular flexibility index (Phi) is 3.27. The number of hydrogen-bond donors (Lipinski definition) is 3. The van der Waals surface area contributed by atoms with E-state index in [0.717, 1.165) is 0 Å². The number of nitrogens with one attached hydrogen (secondary N) is 1. The molecule has 7 heteroatoms. The number of aliphatic imine (C=N–C) groups is 1. The molecule has 1 unspecified atom stereocenters. The first kappa shape index (κ1) is 10.3. The van der Waals surface area contributed by atoms with E-state index in [1.165, 1.54) is 0 Å². The molecule has 7 nitrogen and oxygen atoms in total. The van der Waals surface area contributed by atoms with E-state index in [4.69, 9.17) is 11.5 Å². The van der Waals surface area contributed by atoms with Crippen molar-refractivity contribution in [3.8, 4) is 0 Å². The molecule has 1 aliphatic rings. The summed E-state index contributed by atoms with van der Waals surface area (Å²) >= 11 is 0. The smallest absolute Gasteiger partial charge is 0.375 e. The van der Waals surface area contributed by atoms with Crippen molar-refractivity contribution in [3.63, 3.8) is 0 Å². The van der Waals surface area contributed by atoms with E-state index in [-0.39, 0.29) is 5.96 Å². The lowest BCUT2D eigenvalue weighted by Gasteiger charge is -2.02. The van der Waals surface area contributed by atoms with Crippen molar-refractivity contribution in [2.75, 3.05) is 6.54 Å². The summed E-state index contributed by atoms with van der Waals surface area (Å²) in [5, 5.41) is 2.37. The number of amides is 1. The number of alkyl carbamates (subject to hydrolysis) is 1. The molecule has 0 aromatic heterocycles. The van der Waals surface area contributed by atoms with Crippen LogP contribution in [0.2, 0.25) is 0 Å². The fourth-order valence-electron chi connectivity index (χ4n) is 1.09. The Morgan fingerprint density at radius 1 is 1.50 bits per heavy atom. The minimum Gasteiger partial charge on any atom is -0.375 e. The zero-order chi connectivity index (χ0) is 10.6. The van der Waals surface area contributed by atoms with Gasteiger partial charge in [0, 0.05) is 6.54 Å². The van der Waals surface area contributed by atoms with E-state index in [9.17, 15) is 9.59 Å². The van der Waals surface area contributed by atoms with Crippen LogP contribution in [0.5, 0.6) is 0 Å². The highest BCUT2D eigenvalue weighted by atomic mass is 16.6. The van der Waals surface area contributed by atoms with Crippen molar-refractivity contribution in [1.29, 1.82) is 0 Å². The summed E-state index contributed by atoms with van der Waals surface area (Å²) in [5.41, 5.74) is 10.2. The zero-order valence-corrected chi connectivity index (χ0v) is 7.53. The Bertz CT molecular complexity index is 272. The van der Waals surface area contributed by atoms with Crippen LogP contribution in [0.1, 0.15) is 12.8 Å². The van der Waals surface area contributed by atoms with Crippen molar-refractivity contribution >= 4 is 18.0 Å². The van der Waals surface area contributed by atoms with Crippen LogP contribution in [-0.2, 0) is 9.53 Å². The van der Waals surface area contributed by atoms with Crippen LogP contribution < -0.4 is 16.8 Å². The molecule has 1 fully saturated rings. The lowest BCUT2D eigenvalue weighted by atomic mass is 10.2. The Morgan fingerprint density at radius 3 is 2.71 bits per heavy atom. The van der Waals surface area contributed by atoms with Crippen LogP contribution in [0, 0.1) is 0 Å². The standard InChI is InChI=1S/C7H12N4O3/c8-6(9)10-3-1-2-4-5(12)14-7(13)11-4/h4H,1-3H2,(H,11,13)(H4,8,9,10). The van der Waals surface area contributed by atoms with E-state index in [1.54, 1.807) is 0 Å². The topological polar surface area (TPSA) is 120 Å². The Morgan fingerprint density at radius 2 is 2.21 bits per heavy atom. The van der Waals surface area contributed by atoms with Gasteiger partial charge >= 0.3 is 12.1 Å². The molecule has 0 radical (unpaired) electrons. The van der Waals surface area contributed by atoms with Gasteiger partial charge in [-0.05, 0) is 12.8 Å². The molecule has 0 aliphatic carbocycles. The molecule has 0 bridgehead atoms. The number of esters is 1. The first-order valence-corrected chi connectivity index (χ1v) is 4.17. The lowest BCUT2D eigenvalue weighted by Crippen LogP contribution is -2.29. The molecule has 78 valence electrons. The first-order valence-electron chi connectivity index (χ1n) is 4.17. The van der Waals surface area contributed by atoms with Gasteiger partial charge in [0.15, 0.2) is 5.96 Å². The number of ether oxygens (including phenoxy) is 1. The largest absolute Gasteiger partial charge is 0.415 e. The van der Waals surface area contributed by atoms with Gasteiger partial charge in [0.25, 0.3) is 0 Å². The number of hydrogen-bond acceptors (Lipinski definition) is 4. The van der Waals surface area contributed by atoms with Gasteiger partial charge in [0.2, 0.25) is 0 Å². The monoisotopic (exact) mass is 200 g/mol. The molecule has 5 N–H and O–H groups in total. The maximum atomic E-state index is 10.9. The van der Waals surface area contributed by atoms with Gasteiger partial charge in [-0.15, -0.1) is 0 Å². The molecule has 1 rings (SSSR count). The van der Waals surface area contributed by atoms with Gasteiger partial charge in [-0.1, -0.05) is 0 Å². The van der Waals surface area contributed by atoms with E-state index >= 15 is 0 Å². The summed E-state index contributed by atoms with van der Waals surface area (Å²) in [6.07, 6.45) is 0.390. The fourth-order valence-corrected chi connectivity index (χ4v) is 1.09. The number of carbonyl (C=O) groups excluding carboxylic acids is 2. The molecule has 1 saturated heterocycles. The zero-order valence-electron chi connectivity index (χ0n) is 7.53. The number of guanidine groups is 1. The maximum absolute atomic E-state index is 10.9. The van der Waals surface area contributed by atoms with Gasteiger partial charge in [0.1, 0.15) is 6.04 Å². The summed E-state index contributed by atoms with van der Waals surface area (Å²) in [6, 6.07) is -0.559. The highest BCUT2D eigenvalue weighted by molar-refractivity contribution is 5.95. The average molecular weight is 200 g/mol. The average Bonchev–Trinajstić information content (AvgIpc) is 2.39. The minimum absolute atomic E-state index is 0.0167. The van der Waals surface area contributed by atoms with Crippen molar-refractivity contribution in [2.45, 2.75) is 18.9 Å². The first-order chi connectivity index (χ1) is 6.59. The predicted octanol–water partition coefficient (Wildman–Crippen LogP) is -1.33. The lowest BCUT2D eigenvalue weighted by molar-refractivity contribution is -0.135. The maximum Gasteiger partial charge on any atom is 0.415 e. The van der Waals surface area contributed by atoms with Gasteiger partial charge in [-0.2, -0.15) is 0 Å². The van der Waals surface area contributed by atoms with Crippen molar-refractivity contribution in [1.82, 2.24) is 5.32 Å². The van der Waals surface area contributed by atoms with E-state index in [0.29, 0.717) is 19.4 Å².